The molecular weight excluding hydrogens is 356 g/mol. The van der Waals surface area contributed by atoms with Crippen molar-refractivity contribution in [2.75, 3.05) is 13.7 Å². The Hall–Kier alpha value is -2.58. The zero-order chi connectivity index (χ0) is 17.5. The fraction of sp³-hybridized carbons (Fsp3) is 0.133. The smallest absolute Gasteiger partial charge is 0.341 e. The van der Waals surface area contributed by atoms with Crippen molar-refractivity contribution in [3.8, 4) is 11.5 Å². The van der Waals surface area contributed by atoms with E-state index >= 15 is 0 Å². The van der Waals surface area contributed by atoms with Crippen LogP contribution in [0.5, 0.6) is 11.5 Å². The van der Waals surface area contributed by atoms with Crippen LogP contribution in [0.25, 0.3) is 0 Å². The largest absolute Gasteiger partial charge is 0.493 e. The lowest BCUT2D eigenvalue weighted by Gasteiger charge is -2.11. The van der Waals surface area contributed by atoms with Crippen molar-refractivity contribution < 1.29 is 24.2 Å². The third kappa shape index (κ3) is 4.71. The molecule has 0 bridgehead atoms. The number of nitrogens with one attached hydrogen (secondary N) is 1. The van der Waals surface area contributed by atoms with E-state index in [2.05, 4.69) is 10.5 Å². The number of methoxy groups -OCH3 is 1. The highest BCUT2D eigenvalue weighted by Gasteiger charge is 2.13. The van der Waals surface area contributed by atoms with E-state index in [0.29, 0.717) is 10.4 Å². The number of thiophene rings is 1. The maximum atomic E-state index is 11.7. The average molecular weight is 369 g/mol. The number of hydrogen-bond donors (Lipinski definition) is 2. The molecule has 0 unspecified atom stereocenters. The first-order valence-electron chi connectivity index (χ1n) is 6.60. The molecule has 0 radical (unpaired) electrons. The van der Waals surface area contributed by atoms with Crippen LogP contribution in [-0.4, -0.2) is 36.9 Å². The van der Waals surface area contributed by atoms with Crippen LogP contribution in [0.1, 0.15) is 15.2 Å². The van der Waals surface area contributed by atoms with Gasteiger partial charge in [-0.05, 0) is 29.1 Å². The second kappa shape index (κ2) is 8.32. The topological polar surface area (TPSA) is 97.2 Å². The fourth-order valence-electron chi connectivity index (χ4n) is 1.72. The number of carbonyl (C=O) groups is 2. The quantitative estimate of drug-likeness (QED) is 0.578. The van der Waals surface area contributed by atoms with E-state index in [4.69, 9.17) is 26.2 Å². The minimum Gasteiger partial charge on any atom is -0.493 e. The Labute approximate surface area is 146 Å². The van der Waals surface area contributed by atoms with Gasteiger partial charge in [0.05, 0.1) is 23.2 Å². The molecule has 9 heteroatoms. The molecule has 1 aromatic carbocycles. The summed E-state index contributed by atoms with van der Waals surface area (Å²) >= 11 is 7.38. The molecule has 0 saturated heterocycles. The van der Waals surface area contributed by atoms with Crippen molar-refractivity contribution in [3.05, 3.63) is 45.1 Å². The van der Waals surface area contributed by atoms with Gasteiger partial charge >= 0.3 is 5.97 Å². The molecule has 7 nitrogen and oxygen atoms in total. The highest BCUT2D eigenvalue weighted by Crippen LogP contribution is 2.36. The maximum absolute atomic E-state index is 11.7. The summed E-state index contributed by atoms with van der Waals surface area (Å²) in [4.78, 5) is 22.9. The maximum Gasteiger partial charge on any atom is 0.341 e. The van der Waals surface area contributed by atoms with E-state index in [1.807, 2.05) is 0 Å². The summed E-state index contributed by atoms with van der Waals surface area (Å²) in [6, 6.07) is 6.53. The number of rotatable bonds is 7. The first kappa shape index (κ1) is 17.8. The number of halogens is 1. The summed E-state index contributed by atoms with van der Waals surface area (Å²) in [6.45, 7) is -0.541. The van der Waals surface area contributed by atoms with Gasteiger partial charge in [-0.25, -0.2) is 10.2 Å². The lowest BCUT2D eigenvalue weighted by Crippen LogP contribution is -2.16. The molecule has 0 aliphatic heterocycles. The van der Waals surface area contributed by atoms with Gasteiger partial charge in [-0.1, -0.05) is 17.7 Å². The highest BCUT2D eigenvalue weighted by molar-refractivity contribution is 7.12. The molecule has 0 aliphatic carbocycles. The third-order valence-electron chi connectivity index (χ3n) is 2.72. The van der Waals surface area contributed by atoms with Gasteiger partial charge in [0.1, 0.15) is 0 Å². The highest BCUT2D eigenvalue weighted by atomic mass is 35.5. The minimum absolute atomic E-state index is 0.126. The number of hydrazone groups is 1. The van der Waals surface area contributed by atoms with Crippen LogP contribution in [0, 0.1) is 0 Å². The molecule has 0 atom stereocenters. The summed E-state index contributed by atoms with van der Waals surface area (Å²) in [7, 11) is 1.40. The van der Waals surface area contributed by atoms with Gasteiger partial charge in [-0.2, -0.15) is 5.10 Å². The van der Waals surface area contributed by atoms with Crippen molar-refractivity contribution in [2.24, 2.45) is 5.10 Å². The second-order valence-corrected chi connectivity index (χ2v) is 5.75. The molecule has 1 aromatic heterocycles. The van der Waals surface area contributed by atoms with Gasteiger partial charge < -0.3 is 14.6 Å². The molecule has 1 heterocycles. The van der Waals surface area contributed by atoms with Gasteiger partial charge in [0.15, 0.2) is 18.1 Å². The van der Waals surface area contributed by atoms with E-state index in [0.717, 1.165) is 0 Å². The Morgan fingerprint density at radius 3 is 2.88 bits per heavy atom. The summed E-state index contributed by atoms with van der Waals surface area (Å²) in [6.07, 6.45) is 1.39. The summed E-state index contributed by atoms with van der Waals surface area (Å²) in [5, 5.41) is 14.5. The Kier molecular flexibility index (Phi) is 6.16. The van der Waals surface area contributed by atoms with Crippen molar-refractivity contribution in [3.63, 3.8) is 0 Å². The number of carbonyl (C=O) groups excluding carboxylic acids is 1. The molecule has 2 rings (SSSR count). The van der Waals surface area contributed by atoms with Crippen molar-refractivity contribution in [1.82, 2.24) is 5.43 Å². The SMILES string of the molecule is COc1cc(/C=N/NC(=O)c2cccs2)cc(Cl)c1OCC(=O)O. The first-order chi connectivity index (χ1) is 11.5. The number of nitrogens with zero attached hydrogens (tertiary/aromatic N) is 1. The predicted octanol–water partition coefficient (Wildman–Crippen LogP) is 2.64. The lowest BCUT2D eigenvalue weighted by molar-refractivity contribution is -0.139. The van der Waals surface area contributed by atoms with Gasteiger partial charge in [0.25, 0.3) is 5.91 Å². The lowest BCUT2D eigenvalue weighted by atomic mass is 10.2. The summed E-state index contributed by atoms with van der Waals surface area (Å²) in [5.74, 6) is -1.06. The van der Waals surface area contributed by atoms with E-state index in [9.17, 15) is 9.59 Å². The van der Waals surface area contributed by atoms with Gasteiger partial charge in [0, 0.05) is 0 Å². The molecule has 0 saturated carbocycles. The zero-order valence-corrected chi connectivity index (χ0v) is 14.1. The van der Waals surface area contributed by atoms with Crippen LogP contribution < -0.4 is 14.9 Å². The molecule has 2 N–H and O–H groups in total. The molecule has 0 aliphatic rings. The molecular formula is C15H13ClN2O5S. The van der Waals surface area contributed by atoms with Gasteiger partial charge in [-0.15, -0.1) is 11.3 Å². The first-order valence-corrected chi connectivity index (χ1v) is 7.86. The number of carboxylic acids is 1. The van der Waals surface area contributed by atoms with Crippen molar-refractivity contribution in [1.29, 1.82) is 0 Å². The molecule has 0 spiro atoms. The normalized spacial score (nSPS) is 10.6. The van der Waals surface area contributed by atoms with E-state index in [1.54, 1.807) is 23.6 Å². The molecule has 0 fully saturated rings. The zero-order valence-electron chi connectivity index (χ0n) is 12.5. The second-order valence-electron chi connectivity index (χ2n) is 4.39. The minimum atomic E-state index is -1.13. The monoisotopic (exact) mass is 368 g/mol. The van der Waals surface area contributed by atoms with Crippen LogP contribution in [0.3, 0.4) is 0 Å². The van der Waals surface area contributed by atoms with E-state index < -0.39 is 12.6 Å². The Bertz CT molecular complexity index is 761. The van der Waals surface area contributed by atoms with Crippen molar-refractivity contribution in [2.45, 2.75) is 0 Å². The number of hydrogen-bond acceptors (Lipinski definition) is 6. The van der Waals surface area contributed by atoms with Crippen LogP contribution >= 0.6 is 22.9 Å². The van der Waals surface area contributed by atoms with Crippen LogP contribution in [0.15, 0.2) is 34.7 Å². The number of carboxylic acid groups (broad SMARTS) is 1. The summed E-state index contributed by atoms with van der Waals surface area (Å²) < 4.78 is 10.2. The van der Waals surface area contributed by atoms with Gasteiger partial charge in [-0.3, -0.25) is 4.79 Å². The van der Waals surface area contributed by atoms with Gasteiger partial charge in [0.2, 0.25) is 0 Å². The van der Waals surface area contributed by atoms with Crippen LogP contribution in [0.4, 0.5) is 0 Å². The van der Waals surface area contributed by atoms with E-state index in [-0.39, 0.29) is 22.4 Å². The number of amides is 1. The predicted molar refractivity (Wildman–Crippen MR) is 90.5 cm³/mol. The standard InChI is InChI=1S/C15H13ClN2O5S/c1-22-11-6-9(5-10(16)14(11)23-8-13(19)20)7-17-18-15(21)12-3-2-4-24-12/h2-7H,8H2,1H3,(H,18,21)(H,19,20)/b17-7+. The van der Waals surface area contributed by atoms with Crippen LogP contribution in [-0.2, 0) is 4.79 Å². The molecule has 126 valence electrons. The van der Waals surface area contributed by atoms with E-state index in [1.165, 1.54) is 30.7 Å². The Morgan fingerprint density at radius 1 is 1.46 bits per heavy atom. The molecule has 2 aromatic rings. The number of aliphatic carboxylic acids is 1. The molecule has 24 heavy (non-hydrogen) atoms. The fourth-order valence-corrected chi connectivity index (χ4v) is 2.60. The van der Waals surface area contributed by atoms with Crippen molar-refractivity contribution >= 4 is 41.0 Å². The number of ether oxygens (including phenoxy) is 2. The third-order valence-corrected chi connectivity index (χ3v) is 3.87. The van der Waals surface area contributed by atoms with Crippen LogP contribution in [0.2, 0.25) is 5.02 Å². The summed E-state index contributed by atoms with van der Waals surface area (Å²) in [5.41, 5.74) is 2.94. The molecule has 1 amide bonds. The Morgan fingerprint density at radius 2 is 2.25 bits per heavy atom. The number of benzene rings is 1. The Balaban J connectivity index is 2.10. The average Bonchev–Trinajstić information content (AvgIpc) is 3.07.